The number of aromatic nitrogens is 2. The number of piperidine rings is 1. The van der Waals surface area contributed by atoms with Crippen molar-refractivity contribution < 1.29 is 9.59 Å². The normalized spacial score (nSPS) is 22.8. The molecule has 0 bridgehead atoms. The molecule has 2 aliphatic heterocycles. The van der Waals surface area contributed by atoms with Crippen molar-refractivity contribution in [2.24, 2.45) is 0 Å². The van der Waals surface area contributed by atoms with Crippen LogP contribution < -0.4 is 5.32 Å². The number of nitrogens with zero attached hydrogens (tertiary/aromatic N) is 4. The maximum atomic E-state index is 13.5. The van der Waals surface area contributed by atoms with Gasteiger partial charge in [-0.25, -0.2) is 4.68 Å². The number of amides is 2. The molecule has 1 aromatic carbocycles. The van der Waals surface area contributed by atoms with E-state index in [0.29, 0.717) is 19.0 Å². The number of carbonyl (C=O) groups is 2. The maximum absolute atomic E-state index is 13.5. The van der Waals surface area contributed by atoms with Gasteiger partial charge >= 0.3 is 0 Å². The summed E-state index contributed by atoms with van der Waals surface area (Å²) in [5.41, 5.74) is 2.77. The Morgan fingerprint density at radius 3 is 2.69 bits per heavy atom. The van der Waals surface area contributed by atoms with E-state index in [9.17, 15) is 9.59 Å². The topological polar surface area (TPSA) is 70.5 Å². The van der Waals surface area contributed by atoms with E-state index in [1.54, 1.807) is 6.20 Å². The van der Waals surface area contributed by atoms with E-state index < -0.39 is 0 Å². The van der Waals surface area contributed by atoms with Crippen LogP contribution in [0.2, 0.25) is 0 Å². The number of rotatable bonds is 4. The third kappa shape index (κ3) is 3.55. The summed E-state index contributed by atoms with van der Waals surface area (Å²) in [5.74, 6) is 0.611. The zero-order valence-corrected chi connectivity index (χ0v) is 16.6. The Kier molecular flexibility index (Phi) is 4.83. The Morgan fingerprint density at radius 1 is 1.10 bits per heavy atom. The number of piperazine rings is 1. The minimum absolute atomic E-state index is 0.0568. The highest BCUT2D eigenvalue weighted by atomic mass is 16.2. The highest BCUT2D eigenvalue weighted by Gasteiger charge is 2.36. The fourth-order valence-electron chi connectivity index (χ4n) is 4.62. The molecule has 1 unspecified atom stereocenters. The van der Waals surface area contributed by atoms with Gasteiger partial charge in [0.25, 0.3) is 5.91 Å². The Labute approximate surface area is 170 Å². The van der Waals surface area contributed by atoms with Crippen molar-refractivity contribution in [1.29, 1.82) is 0 Å². The van der Waals surface area contributed by atoms with E-state index in [0.717, 1.165) is 62.3 Å². The summed E-state index contributed by atoms with van der Waals surface area (Å²) in [4.78, 5) is 29.7. The van der Waals surface area contributed by atoms with Gasteiger partial charge in [0.05, 0.1) is 29.7 Å². The second-order valence-electron chi connectivity index (χ2n) is 8.28. The molecule has 7 heteroatoms. The van der Waals surface area contributed by atoms with Crippen LogP contribution in [0.1, 0.15) is 47.7 Å². The number of para-hydroxylation sites is 1. The third-order valence-corrected chi connectivity index (χ3v) is 6.25. The number of likely N-dealkylation sites (tertiary alicyclic amines) is 1. The quantitative estimate of drug-likeness (QED) is 0.860. The monoisotopic (exact) mass is 393 g/mol. The summed E-state index contributed by atoms with van der Waals surface area (Å²) in [7, 11) is 0. The average molecular weight is 393 g/mol. The molecule has 2 aromatic rings. The van der Waals surface area contributed by atoms with Gasteiger partial charge < -0.3 is 15.1 Å². The van der Waals surface area contributed by atoms with Crippen molar-refractivity contribution in [3.63, 3.8) is 0 Å². The Bertz CT molecular complexity index is 905. The molecular weight excluding hydrogens is 366 g/mol. The molecule has 3 heterocycles. The molecule has 2 amide bonds. The van der Waals surface area contributed by atoms with E-state index in [1.165, 1.54) is 0 Å². The van der Waals surface area contributed by atoms with Crippen molar-refractivity contribution >= 4 is 11.8 Å². The lowest BCUT2D eigenvalue weighted by Crippen LogP contribution is -2.57. The molecule has 152 valence electrons. The van der Waals surface area contributed by atoms with E-state index >= 15 is 0 Å². The zero-order chi connectivity index (χ0) is 19.8. The summed E-state index contributed by atoms with van der Waals surface area (Å²) in [6.45, 7) is 3.32. The molecule has 2 saturated heterocycles. The summed E-state index contributed by atoms with van der Waals surface area (Å²) < 4.78 is 1.94. The Morgan fingerprint density at radius 2 is 1.93 bits per heavy atom. The van der Waals surface area contributed by atoms with Crippen molar-refractivity contribution in [2.75, 3.05) is 32.7 Å². The predicted octanol–water partition coefficient (Wildman–Crippen LogP) is 1.79. The maximum Gasteiger partial charge on any atom is 0.257 e. The van der Waals surface area contributed by atoms with Crippen molar-refractivity contribution in [1.82, 2.24) is 24.9 Å². The second kappa shape index (κ2) is 7.63. The van der Waals surface area contributed by atoms with Gasteiger partial charge in [0.1, 0.15) is 0 Å². The Balaban J connectivity index is 1.39. The van der Waals surface area contributed by atoms with Crippen LogP contribution in [0.3, 0.4) is 0 Å². The van der Waals surface area contributed by atoms with E-state index in [4.69, 9.17) is 0 Å². The van der Waals surface area contributed by atoms with Crippen molar-refractivity contribution in [2.45, 2.75) is 37.6 Å². The zero-order valence-electron chi connectivity index (χ0n) is 16.6. The lowest BCUT2D eigenvalue weighted by atomic mass is 10.0. The van der Waals surface area contributed by atoms with E-state index in [-0.39, 0.29) is 17.9 Å². The van der Waals surface area contributed by atoms with Gasteiger partial charge in [-0.05, 0) is 37.8 Å². The fraction of sp³-hybridized carbons (Fsp3) is 0.500. The van der Waals surface area contributed by atoms with Crippen LogP contribution in [0.4, 0.5) is 0 Å². The molecular formula is C22H27N5O2. The SMILES string of the molecule is O=C(c1cnn(-c2ccccc2)c1C1CC1)N1CCCC(N2CCNCC2=O)C1. The average Bonchev–Trinajstić information content (AvgIpc) is 3.52. The van der Waals surface area contributed by atoms with Crippen LogP contribution in [0.15, 0.2) is 36.5 Å². The highest BCUT2D eigenvalue weighted by molar-refractivity contribution is 5.95. The van der Waals surface area contributed by atoms with Crippen molar-refractivity contribution in [3.8, 4) is 5.69 Å². The van der Waals surface area contributed by atoms with E-state index in [2.05, 4.69) is 10.4 Å². The highest BCUT2D eigenvalue weighted by Crippen LogP contribution is 2.42. The smallest absolute Gasteiger partial charge is 0.257 e. The minimum Gasteiger partial charge on any atom is -0.336 e. The molecule has 1 saturated carbocycles. The number of nitrogens with one attached hydrogen (secondary N) is 1. The molecule has 1 N–H and O–H groups in total. The molecule has 3 fully saturated rings. The summed E-state index contributed by atoms with van der Waals surface area (Å²) in [6.07, 6.45) is 5.85. The fourth-order valence-corrected chi connectivity index (χ4v) is 4.62. The first-order valence-corrected chi connectivity index (χ1v) is 10.6. The number of hydrogen-bond donors (Lipinski definition) is 1. The predicted molar refractivity (Wildman–Crippen MR) is 109 cm³/mol. The van der Waals surface area contributed by atoms with Crippen molar-refractivity contribution in [3.05, 3.63) is 47.8 Å². The standard InChI is InChI=1S/C22H27N5O2/c28-20-14-23-10-12-26(20)18-7-4-11-25(15-18)22(29)19-13-24-27(21(19)16-8-9-16)17-5-2-1-3-6-17/h1-3,5-6,13,16,18,23H,4,7-12,14-15H2. The third-order valence-electron chi connectivity index (χ3n) is 6.25. The first kappa shape index (κ1) is 18.4. The lowest BCUT2D eigenvalue weighted by Gasteiger charge is -2.41. The summed E-state index contributed by atoms with van der Waals surface area (Å²) >= 11 is 0. The number of benzene rings is 1. The molecule has 1 aromatic heterocycles. The molecule has 0 spiro atoms. The molecule has 29 heavy (non-hydrogen) atoms. The first-order valence-electron chi connectivity index (χ1n) is 10.6. The summed E-state index contributed by atoms with van der Waals surface area (Å²) in [6, 6.07) is 10.2. The van der Waals surface area contributed by atoms with Crippen LogP contribution >= 0.6 is 0 Å². The molecule has 1 aliphatic carbocycles. The van der Waals surface area contributed by atoms with Gasteiger partial charge in [-0.1, -0.05) is 18.2 Å². The van der Waals surface area contributed by atoms with Gasteiger partial charge in [0.2, 0.25) is 5.91 Å². The first-order chi connectivity index (χ1) is 14.2. The van der Waals surface area contributed by atoms with Gasteiger partial charge in [-0.3, -0.25) is 9.59 Å². The van der Waals surface area contributed by atoms with Gasteiger partial charge in [0.15, 0.2) is 0 Å². The van der Waals surface area contributed by atoms with Gasteiger partial charge in [0, 0.05) is 38.1 Å². The number of carbonyl (C=O) groups excluding carboxylic acids is 2. The molecule has 3 aliphatic rings. The number of hydrogen-bond acceptors (Lipinski definition) is 4. The lowest BCUT2D eigenvalue weighted by molar-refractivity contribution is -0.135. The molecule has 0 radical (unpaired) electrons. The van der Waals surface area contributed by atoms with Crippen LogP contribution in [0, 0.1) is 0 Å². The van der Waals surface area contributed by atoms with Gasteiger partial charge in [-0.15, -0.1) is 0 Å². The molecule has 1 atom stereocenters. The molecule has 7 nitrogen and oxygen atoms in total. The van der Waals surface area contributed by atoms with Crippen LogP contribution in [-0.2, 0) is 4.79 Å². The van der Waals surface area contributed by atoms with E-state index in [1.807, 2.05) is 44.8 Å². The largest absolute Gasteiger partial charge is 0.336 e. The molecule has 5 rings (SSSR count). The summed E-state index contributed by atoms with van der Waals surface area (Å²) in [5, 5.41) is 7.71. The van der Waals surface area contributed by atoms with Crippen LogP contribution in [0.5, 0.6) is 0 Å². The van der Waals surface area contributed by atoms with Crippen LogP contribution in [0.25, 0.3) is 5.69 Å². The Hall–Kier alpha value is -2.67. The minimum atomic E-state index is 0.0568. The van der Waals surface area contributed by atoms with Gasteiger partial charge in [-0.2, -0.15) is 5.10 Å². The van der Waals surface area contributed by atoms with Crippen LogP contribution in [-0.4, -0.2) is 70.2 Å². The second-order valence-corrected chi connectivity index (χ2v) is 8.28.